The number of amides is 2. The van der Waals surface area contributed by atoms with E-state index in [1.165, 1.54) is 11.8 Å². The number of hydrogen-bond acceptors (Lipinski definition) is 4. The van der Waals surface area contributed by atoms with Gasteiger partial charge in [0, 0.05) is 4.90 Å². The predicted molar refractivity (Wildman–Crippen MR) is 105 cm³/mol. The number of anilines is 1. The van der Waals surface area contributed by atoms with Gasteiger partial charge in [-0.15, -0.1) is 11.8 Å². The maximum Gasteiger partial charge on any atom is 0.408 e. The first-order chi connectivity index (χ1) is 12.3. The van der Waals surface area contributed by atoms with Gasteiger partial charge in [0.1, 0.15) is 11.6 Å². The highest BCUT2D eigenvalue weighted by Gasteiger charge is 2.26. The summed E-state index contributed by atoms with van der Waals surface area (Å²) in [6.45, 7) is 5.33. The highest BCUT2D eigenvalue weighted by molar-refractivity contribution is 7.98. The summed E-state index contributed by atoms with van der Waals surface area (Å²) in [7, 11) is 0. The van der Waals surface area contributed by atoms with E-state index in [0.717, 1.165) is 4.90 Å². The molecule has 138 valence electrons. The van der Waals surface area contributed by atoms with Gasteiger partial charge in [-0.3, -0.25) is 4.79 Å². The van der Waals surface area contributed by atoms with Crippen molar-refractivity contribution in [2.45, 2.75) is 37.3 Å². The van der Waals surface area contributed by atoms with Crippen LogP contribution in [0.4, 0.5) is 10.5 Å². The number of hydrogen-bond donors (Lipinski definition) is 2. The number of ether oxygens (including phenoxy) is 1. The van der Waals surface area contributed by atoms with Gasteiger partial charge in [0.25, 0.3) is 5.91 Å². The molecule has 5 nitrogen and oxygen atoms in total. The molecule has 0 radical (unpaired) electrons. The largest absolute Gasteiger partial charge is 0.444 e. The first kappa shape index (κ1) is 19.8. The van der Waals surface area contributed by atoms with Gasteiger partial charge in [-0.25, -0.2) is 4.79 Å². The lowest BCUT2D eigenvalue weighted by Crippen LogP contribution is -2.40. The smallest absolute Gasteiger partial charge is 0.408 e. The fourth-order valence-electron chi connectivity index (χ4n) is 2.32. The zero-order valence-electron chi connectivity index (χ0n) is 15.4. The molecule has 0 heterocycles. The number of benzene rings is 2. The van der Waals surface area contributed by atoms with Crippen LogP contribution in [-0.2, 0) is 9.53 Å². The van der Waals surface area contributed by atoms with Crippen molar-refractivity contribution in [1.82, 2.24) is 5.32 Å². The number of carbonyl (C=O) groups excluding carboxylic acids is 2. The molecule has 0 aliphatic heterocycles. The Morgan fingerprint density at radius 2 is 1.62 bits per heavy atom. The summed E-state index contributed by atoms with van der Waals surface area (Å²) in [6.07, 6.45) is 1.30. The summed E-state index contributed by atoms with van der Waals surface area (Å²) in [4.78, 5) is 26.0. The van der Waals surface area contributed by atoms with E-state index in [-0.39, 0.29) is 5.91 Å². The molecule has 26 heavy (non-hydrogen) atoms. The molecule has 0 saturated carbocycles. The molecule has 2 aromatic carbocycles. The summed E-state index contributed by atoms with van der Waals surface area (Å²) in [6, 6.07) is 15.8. The van der Waals surface area contributed by atoms with Crippen LogP contribution in [0.1, 0.15) is 32.4 Å². The third-order valence-electron chi connectivity index (χ3n) is 3.42. The first-order valence-electron chi connectivity index (χ1n) is 8.28. The molecule has 0 aromatic heterocycles. The van der Waals surface area contributed by atoms with E-state index in [1.54, 1.807) is 32.9 Å². The fraction of sp³-hybridized carbons (Fsp3) is 0.300. The van der Waals surface area contributed by atoms with Crippen molar-refractivity contribution in [2.75, 3.05) is 11.6 Å². The van der Waals surface area contributed by atoms with Crippen LogP contribution < -0.4 is 10.6 Å². The van der Waals surface area contributed by atoms with E-state index in [9.17, 15) is 9.59 Å². The third-order valence-corrected chi connectivity index (χ3v) is 4.22. The van der Waals surface area contributed by atoms with Crippen molar-refractivity contribution in [2.24, 2.45) is 0 Å². The third kappa shape index (κ3) is 5.81. The number of para-hydroxylation sites is 1. The van der Waals surface area contributed by atoms with Gasteiger partial charge in [-0.05, 0) is 44.7 Å². The highest BCUT2D eigenvalue weighted by atomic mass is 32.2. The zero-order valence-corrected chi connectivity index (χ0v) is 16.2. The van der Waals surface area contributed by atoms with Crippen molar-refractivity contribution in [3.05, 3.63) is 60.2 Å². The molecule has 0 saturated heterocycles. The fourth-order valence-corrected chi connectivity index (χ4v) is 2.88. The van der Waals surface area contributed by atoms with Gasteiger partial charge in [0.2, 0.25) is 0 Å². The van der Waals surface area contributed by atoms with E-state index in [2.05, 4.69) is 10.6 Å². The standard InChI is InChI=1S/C20H24N2O3S/c1-20(2,3)25-19(24)22-17(14-10-6-5-7-11-14)18(23)21-15-12-8-9-13-16(15)26-4/h5-13,17H,1-4H3,(H,21,23)(H,22,24). The number of nitrogens with one attached hydrogen (secondary N) is 2. The van der Waals surface area contributed by atoms with Crippen LogP contribution in [-0.4, -0.2) is 23.9 Å². The van der Waals surface area contributed by atoms with Gasteiger partial charge in [0.15, 0.2) is 0 Å². The minimum absolute atomic E-state index is 0.330. The minimum atomic E-state index is -0.860. The van der Waals surface area contributed by atoms with E-state index < -0.39 is 17.7 Å². The van der Waals surface area contributed by atoms with Gasteiger partial charge in [-0.1, -0.05) is 42.5 Å². The number of thioether (sulfide) groups is 1. The Kier molecular flexibility index (Phi) is 6.69. The van der Waals surface area contributed by atoms with E-state index >= 15 is 0 Å². The highest BCUT2D eigenvalue weighted by Crippen LogP contribution is 2.26. The Hall–Kier alpha value is -2.47. The van der Waals surface area contributed by atoms with Crippen LogP contribution in [0.15, 0.2) is 59.5 Å². The molecular formula is C20H24N2O3S. The lowest BCUT2D eigenvalue weighted by molar-refractivity contribution is -0.118. The van der Waals surface area contributed by atoms with Gasteiger partial charge < -0.3 is 15.4 Å². The summed E-state index contributed by atoms with van der Waals surface area (Å²) >= 11 is 1.54. The van der Waals surface area contributed by atoms with E-state index in [4.69, 9.17) is 4.74 Å². The van der Waals surface area contributed by atoms with Crippen molar-refractivity contribution < 1.29 is 14.3 Å². The van der Waals surface area contributed by atoms with Crippen LogP contribution in [0.25, 0.3) is 0 Å². The molecule has 0 aliphatic rings. The Balaban J connectivity index is 2.23. The van der Waals surface area contributed by atoms with E-state index in [1.807, 2.05) is 48.7 Å². The minimum Gasteiger partial charge on any atom is -0.444 e. The molecular weight excluding hydrogens is 348 g/mol. The van der Waals surface area contributed by atoms with Crippen LogP contribution in [0.2, 0.25) is 0 Å². The van der Waals surface area contributed by atoms with Gasteiger partial charge in [0.05, 0.1) is 5.69 Å². The normalized spacial score (nSPS) is 12.2. The molecule has 0 aliphatic carbocycles. The molecule has 2 aromatic rings. The van der Waals surface area contributed by atoms with Crippen molar-refractivity contribution in [3.63, 3.8) is 0 Å². The van der Waals surface area contributed by atoms with Gasteiger partial charge >= 0.3 is 6.09 Å². The maximum absolute atomic E-state index is 12.9. The summed E-state index contributed by atoms with van der Waals surface area (Å²) < 4.78 is 5.30. The Labute approximate surface area is 158 Å². The molecule has 1 atom stereocenters. The molecule has 1 unspecified atom stereocenters. The number of rotatable bonds is 5. The van der Waals surface area contributed by atoms with Crippen molar-refractivity contribution >= 4 is 29.4 Å². The lowest BCUT2D eigenvalue weighted by Gasteiger charge is -2.24. The second-order valence-corrected chi connectivity index (χ2v) is 7.53. The second-order valence-electron chi connectivity index (χ2n) is 6.68. The summed E-state index contributed by atoms with van der Waals surface area (Å²) in [5.74, 6) is -0.330. The van der Waals surface area contributed by atoms with E-state index in [0.29, 0.717) is 11.3 Å². The van der Waals surface area contributed by atoms with Crippen molar-refractivity contribution in [3.8, 4) is 0 Å². The molecule has 0 bridgehead atoms. The molecule has 6 heteroatoms. The van der Waals surface area contributed by atoms with Crippen molar-refractivity contribution in [1.29, 1.82) is 0 Å². The Morgan fingerprint density at radius 3 is 2.23 bits per heavy atom. The Bertz CT molecular complexity index is 757. The average molecular weight is 372 g/mol. The quantitative estimate of drug-likeness (QED) is 0.752. The zero-order chi connectivity index (χ0) is 19.2. The predicted octanol–water partition coefficient (Wildman–Crippen LogP) is 4.61. The number of alkyl carbamates (subject to hydrolysis) is 1. The second kappa shape index (κ2) is 8.76. The molecule has 2 N–H and O–H groups in total. The van der Waals surface area contributed by atoms with Crippen LogP contribution >= 0.6 is 11.8 Å². The molecule has 2 rings (SSSR count). The van der Waals surface area contributed by atoms with Crippen LogP contribution in [0.5, 0.6) is 0 Å². The maximum atomic E-state index is 12.9. The average Bonchev–Trinajstić information content (AvgIpc) is 2.59. The van der Waals surface area contributed by atoms with Gasteiger partial charge in [-0.2, -0.15) is 0 Å². The SMILES string of the molecule is CSc1ccccc1NC(=O)C(NC(=O)OC(C)(C)C)c1ccccc1. The lowest BCUT2D eigenvalue weighted by atomic mass is 10.1. The number of carbonyl (C=O) groups is 2. The molecule has 2 amide bonds. The first-order valence-corrected chi connectivity index (χ1v) is 9.51. The molecule has 0 fully saturated rings. The topological polar surface area (TPSA) is 67.4 Å². The monoisotopic (exact) mass is 372 g/mol. The summed E-state index contributed by atoms with van der Waals surface area (Å²) in [5, 5.41) is 5.57. The summed E-state index contributed by atoms with van der Waals surface area (Å²) in [5.41, 5.74) is 0.738. The van der Waals surface area contributed by atoms with Crippen LogP contribution in [0, 0.1) is 0 Å². The Morgan fingerprint density at radius 1 is 1.00 bits per heavy atom. The molecule has 0 spiro atoms. The van der Waals surface area contributed by atoms with Crippen LogP contribution in [0.3, 0.4) is 0 Å².